The molecular weight excluding hydrogens is 314 g/mol. The first-order chi connectivity index (χ1) is 11.0. The Morgan fingerprint density at radius 2 is 1.87 bits per heavy atom. The maximum atomic E-state index is 12.0. The van der Waals surface area contributed by atoms with Gasteiger partial charge in [-0.2, -0.15) is 0 Å². The average molecular weight is 328 g/mol. The van der Waals surface area contributed by atoms with Crippen molar-refractivity contribution in [3.8, 4) is 0 Å². The zero-order valence-electron chi connectivity index (χ0n) is 12.4. The van der Waals surface area contributed by atoms with Crippen molar-refractivity contribution in [3.05, 3.63) is 80.6 Å². The Labute approximate surface area is 137 Å². The van der Waals surface area contributed by atoms with Crippen LogP contribution in [-0.2, 0) is 11.3 Å². The van der Waals surface area contributed by atoms with Gasteiger partial charge in [0, 0.05) is 10.5 Å². The molecule has 0 saturated heterocycles. The lowest BCUT2D eigenvalue weighted by Crippen LogP contribution is -2.15. The van der Waals surface area contributed by atoms with Crippen LogP contribution >= 0.6 is 11.6 Å². The lowest BCUT2D eigenvalue weighted by molar-refractivity contribution is 0.0471. The van der Waals surface area contributed by atoms with Crippen molar-refractivity contribution in [1.82, 2.24) is 4.98 Å². The van der Waals surface area contributed by atoms with E-state index in [1.54, 1.807) is 30.3 Å². The molecule has 0 aliphatic carbocycles. The Bertz CT molecular complexity index is 929. The van der Waals surface area contributed by atoms with E-state index in [-0.39, 0.29) is 12.2 Å². The highest BCUT2D eigenvalue weighted by molar-refractivity contribution is 6.30. The molecule has 0 aliphatic rings. The second-order valence-electron chi connectivity index (χ2n) is 5.30. The molecule has 0 amide bonds. The summed E-state index contributed by atoms with van der Waals surface area (Å²) in [6.07, 6.45) is 0. The number of nitrogens with one attached hydrogen (secondary N) is 1. The van der Waals surface area contributed by atoms with E-state index in [1.807, 2.05) is 25.1 Å². The van der Waals surface area contributed by atoms with E-state index in [9.17, 15) is 9.59 Å². The number of aromatic nitrogens is 1. The Hall–Kier alpha value is -2.59. The molecule has 1 aromatic heterocycles. The number of benzene rings is 2. The Morgan fingerprint density at radius 3 is 2.61 bits per heavy atom. The summed E-state index contributed by atoms with van der Waals surface area (Å²) in [5.74, 6) is -0.495. The van der Waals surface area contributed by atoms with E-state index in [4.69, 9.17) is 16.3 Å². The minimum absolute atomic E-state index is 0.0827. The minimum Gasteiger partial charge on any atom is -0.457 e. The number of fused-ring (bicyclic) bond motifs is 1. The molecule has 0 aliphatic heterocycles. The molecule has 0 bridgehead atoms. The fourth-order valence-corrected chi connectivity index (χ4v) is 2.42. The van der Waals surface area contributed by atoms with Gasteiger partial charge in [-0.1, -0.05) is 23.2 Å². The Kier molecular flexibility index (Phi) is 4.17. The molecule has 0 fully saturated rings. The topological polar surface area (TPSA) is 59.2 Å². The maximum absolute atomic E-state index is 12.0. The fraction of sp³-hybridized carbons (Fsp3) is 0.111. The van der Waals surface area contributed by atoms with Gasteiger partial charge in [-0.25, -0.2) is 4.79 Å². The summed E-state index contributed by atoms with van der Waals surface area (Å²) in [5, 5.41) is 1.45. The first-order valence-electron chi connectivity index (χ1n) is 7.08. The van der Waals surface area contributed by atoms with Gasteiger partial charge in [-0.3, -0.25) is 4.79 Å². The number of aryl methyl sites for hydroxylation is 1. The van der Waals surface area contributed by atoms with Crippen molar-refractivity contribution in [3.63, 3.8) is 0 Å². The first kappa shape index (κ1) is 15.3. The maximum Gasteiger partial charge on any atom is 0.338 e. The van der Waals surface area contributed by atoms with Crippen LogP contribution in [0.15, 0.2) is 53.3 Å². The van der Waals surface area contributed by atoms with Gasteiger partial charge in [0.1, 0.15) is 6.61 Å². The molecule has 1 heterocycles. The van der Waals surface area contributed by atoms with Gasteiger partial charge < -0.3 is 9.72 Å². The largest absolute Gasteiger partial charge is 0.457 e. The molecule has 116 valence electrons. The molecule has 4 nitrogen and oxygen atoms in total. The molecule has 0 atom stereocenters. The number of carbonyl (C=O) groups is 1. The highest BCUT2D eigenvalue weighted by Crippen LogP contribution is 2.14. The number of hydrogen-bond donors (Lipinski definition) is 1. The lowest BCUT2D eigenvalue weighted by atomic mass is 10.1. The number of esters is 1. The molecule has 0 radical (unpaired) electrons. The second-order valence-corrected chi connectivity index (χ2v) is 5.73. The van der Waals surface area contributed by atoms with Crippen LogP contribution < -0.4 is 5.56 Å². The summed E-state index contributed by atoms with van der Waals surface area (Å²) in [4.78, 5) is 26.8. The minimum atomic E-state index is -0.495. The number of halogens is 1. The number of rotatable bonds is 3. The van der Waals surface area contributed by atoms with E-state index in [0.717, 1.165) is 16.5 Å². The summed E-state index contributed by atoms with van der Waals surface area (Å²) in [7, 11) is 0. The highest BCUT2D eigenvalue weighted by Gasteiger charge is 2.10. The van der Waals surface area contributed by atoms with Crippen molar-refractivity contribution in [2.75, 3.05) is 0 Å². The summed E-state index contributed by atoms with van der Waals surface area (Å²) in [5.41, 5.74) is 2.39. The van der Waals surface area contributed by atoms with Crippen LogP contribution in [0.2, 0.25) is 5.02 Å². The van der Waals surface area contributed by atoms with Gasteiger partial charge in [-0.05, 0) is 54.8 Å². The van der Waals surface area contributed by atoms with Crippen molar-refractivity contribution in [1.29, 1.82) is 0 Å². The molecule has 2 aromatic carbocycles. The number of pyridine rings is 1. The molecule has 0 saturated carbocycles. The molecule has 1 N–H and O–H groups in total. The molecule has 3 aromatic rings. The third-order valence-corrected chi connectivity index (χ3v) is 3.77. The summed E-state index contributed by atoms with van der Waals surface area (Å²) in [6.45, 7) is 1.89. The quantitative estimate of drug-likeness (QED) is 0.743. The smallest absolute Gasteiger partial charge is 0.338 e. The van der Waals surface area contributed by atoms with Gasteiger partial charge in [0.15, 0.2) is 0 Å². The summed E-state index contributed by atoms with van der Waals surface area (Å²) >= 11 is 5.78. The van der Waals surface area contributed by atoms with Crippen LogP contribution in [0.4, 0.5) is 0 Å². The molecule has 3 rings (SSSR count). The van der Waals surface area contributed by atoms with Gasteiger partial charge in [0.05, 0.1) is 11.1 Å². The number of hydrogen-bond acceptors (Lipinski definition) is 3. The van der Waals surface area contributed by atoms with E-state index in [1.165, 1.54) is 0 Å². The molecular formula is C18H14ClNO3. The van der Waals surface area contributed by atoms with Crippen molar-refractivity contribution in [2.45, 2.75) is 13.5 Å². The second kappa shape index (κ2) is 6.26. The number of ether oxygens (including phenoxy) is 1. The zero-order valence-corrected chi connectivity index (χ0v) is 13.2. The third-order valence-electron chi connectivity index (χ3n) is 3.52. The van der Waals surface area contributed by atoms with Crippen molar-refractivity contribution >= 4 is 28.5 Å². The van der Waals surface area contributed by atoms with Crippen LogP contribution in [0.3, 0.4) is 0 Å². The molecule has 0 spiro atoms. The first-order valence-corrected chi connectivity index (χ1v) is 7.46. The lowest BCUT2D eigenvalue weighted by Gasteiger charge is -2.06. The predicted octanol–water partition coefficient (Wildman–Crippen LogP) is 3.85. The summed E-state index contributed by atoms with van der Waals surface area (Å²) < 4.78 is 5.21. The number of aromatic amines is 1. The van der Waals surface area contributed by atoms with Crippen LogP contribution in [0, 0.1) is 6.92 Å². The van der Waals surface area contributed by atoms with Gasteiger partial charge in [0.2, 0.25) is 0 Å². The predicted molar refractivity (Wildman–Crippen MR) is 89.9 cm³/mol. The van der Waals surface area contributed by atoms with Crippen molar-refractivity contribution < 1.29 is 9.53 Å². The SMILES string of the molecule is Cc1ccc2[nH]c(=O)c(COC(=O)c3ccc(Cl)cc3)cc2c1. The zero-order chi connectivity index (χ0) is 16.4. The number of H-pyrrole nitrogens is 1. The van der Waals surface area contributed by atoms with Gasteiger partial charge in [-0.15, -0.1) is 0 Å². The van der Waals surface area contributed by atoms with Gasteiger partial charge >= 0.3 is 5.97 Å². The average Bonchev–Trinajstić information content (AvgIpc) is 2.53. The fourth-order valence-electron chi connectivity index (χ4n) is 2.29. The standard InChI is InChI=1S/C18H14ClNO3/c1-11-2-7-16-13(8-11)9-14(17(21)20-16)10-23-18(22)12-3-5-15(19)6-4-12/h2-9H,10H2,1H3,(H,20,21). The van der Waals surface area contributed by atoms with E-state index in [2.05, 4.69) is 4.98 Å². The number of carbonyl (C=O) groups excluding carboxylic acids is 1. The molecule has 0 unspecified atom stereocenters. The molecule has 5 heteroatoms. The Morgan fingerprint density at radius 1 is 1.13 bits per heavy atom. The van der Waals surface area contributed by atoms with Crippen LogP contribution in [0.1, 0.15) is 21.5 Å². The van der Waals surface area contributed by atoms with E-state index < -0.39 is 5.97 Å². The van der Waals surface area contributed by atoms with E-state index in [0.29, 0.717) is 16.1 Å². The van der Waals surface area contributed by atoms with Crippen LogP contribution in [-0.4, -0.2) is 11.0 Å². The normalized spacial score (nSPS) is 10.7. The summed E-state index contributed by atoms with van der Waals surface area (Å²) in [6, 6.07) is 13.9. The Balaban J connectivity index is 1.81. The van der Waals surface area contributed by atoms with Crippen LogP contribution in [0.25, 0.3) is 10.9 Å². The van der Waals surface area contributed by atoms with Crippen molar-refractivity contribution in [2.24, 2.45) is 0 Å². The van der Waals surface area contributed by atoms with Crippen LogP contribution in [0.5, 0.6) is 0 Å². The van der Waals surface area contributed by atoms with Gasteiger partial charge in [0.25, 0.3) is 5.56 Å². The highest BCUT2D eigenvalue weighted by atomic mass is 35.5. The molecule has 23 heavy (non-hydrogen) atoms. The van der Waals surface area contributed by atoms with E-state index >= 15 is 0 Å². The third kappa shape index (κ3) is 3.43. The monoisotopic (exact) mass is 327 g/mol.